The summed E-state index contributed by atoms with van der Waals surface area (Å²) in [7, 11) is 0. The smallest absolute Gasteiger partial charge is 0.161 e. The van der Waals surface area contributed by atoms with Gasteiger partial charge in [-0.25, -0.2) is 0 Å². The van der Waals surface area contributed by atoms with E-state index in [2.05, 4.69) is 30.4 Å². The fraction of sp³-hybridized carbons (Fsp3) is 0.647. The predicted molar refractivity (Wildman–Crippen MR) is 80.7 cm³/mol. The molecule has 1 aromatic carbocycles. The molecule has 3 rings (SSSR count). The Hall–Kier alpha value is -1.22. The maximum absolute atomic E-state index is 5.76. The standard InChI is InChI=1S/C17H25NO2/c1-2-18-13-17(8-4-3-5-9-17)14-6-7-15-16(12-14)20-11-10-19-15/h6-7,12,18H,2-5,8-11,13H2,1H3. The highest BCUT2D eigenvalue weighted by atomic mass is 16.6. The van der Waals surface area contributed by atoms with E-state index in [0.717, 1.165) is 24.6 Å². The van der Waals surface area contributed by atoms with Gasteiger partial charge in [-0.05, 0) is 37.1 Å². The molecule has 1 saturated carbocycles. The van der Waals surface area contributed by atoms with Gasteiger partial charge in [0.05, 0.1) is 0 Å². The van der Waals surface area contributed by atoms with E-state index in [4.69, 9.17) is 9.47 Å². The summed E-state index contributed by atoms with van der Waals surface area (Å²) in [6, 6.07) is 6.56. The van der Waals surface area contributed by atoms with Crippen molar-refractivity contribution in [1.82, 2.24) is 5.32 Å². The molecule has 1 aliphatic carbocycles. The normalized spacial score (nSPS) is 20.6. The summed E-state index contributed by atoms with van der Waals surface area (Å²) in [5.41, 5.74) is 1.70. The number of ether oxygens (including phenoxy) is 2. The van der Waals surface area contributed by atoms with Crippen molar-refractivity contribution in [3.63, 3.8) is 0 Å². The Bertz CT molecular complexity index is 452. The molecule has 0 unspecified atom stereocenters. The topological polar surface area (TPSA) is 30.5 Å². The van der Waals surface area contributed by atoms with E-state index in [1.165, 1.54) is 37.7 Å². The monoisotopic (exact) mass is 275 g/mol. The summed E-state index contributed by atoms with van der Waals surface area (Å²) in [4.78, 5) is 0. The summed E-state index contributed by atoms with van der Waals surface area (Å²) in [5.74, 6) is 1.82. The van der Waals surface area contributed by atoms with Gasteiger partial charge in [-0.15, -0.1) is 0 Å². The van der Waals surface area contributed by atoms with Gasteiger partial charge in [0.1, 0.15) is 13.2 Å². The number of benzene rings is 1. The lowest BCUT2D eigenvalue weighted by Crippen LogP contribution is -2.40. The van der Waals surface area contributed by atoms with Gasteiger partial charge in [0.15, 0.2) is 11.5 Å². The number of nitrogens with one attached hydrogen (secondary N) is 1. The summed E-state index contributed by atoms with van der Waals surface area (Å²) in [6.45, 7) is 5.61. The summed E-state index contributed by atoms with van der Waals surface area (Å²) < 4.78 is 11.4. The van der Waals surface area contributed by atoms with Crippen molar-refractivity contribution in [3.8, 4) is 11.5 Å². The molecule has 0 radical (unpaired) electrons. The van der Waals surface area contributed by atoms with Gasteiger partial charge in [-0.3, -0.25) is 0 Å². The third-order valence-corrected chi connectivity index (χ3v) is 4.68. The molecular weight excluding hydrogens is 250 g/mol. The number of fused-ring (bicyclic) bond motifs is 1. The van der Waals surface area contributed by atoms with Crippen molar-refractivity contribution in [2.24, 2.45) is 0 Å². The van der Waals surface area contributed by atoms with Gasteiger partial charge in [-0.1, -0.05) is 32.3 Å². The van der Waals surface area contributed by atoms with Gasteiger partial charge < -0.3 is 14.8 Å². The maximum Gasteiger partial charge on any atom is 0.161 e. The van der Waals surface area contributed by atoms with Gasteiger partial charge in [0, 0.05) is 12.0 Å². The van der Waals surface area contributed by atoms with E-state index in [-0.39, 0.29) is 5.41 Å². The van der Waals surface area contributed by atoms with Gasteiger partial charge >= 0.3 is 0 Å². The van der Waals surface area contributed by atoms with E-state index in [1.54, 1.807) is 0 Å². The highest BCUT2D eigenvalue weighted by molar-refractivity contribution is 5.46. The first kappa shape index (κ1) is 13.7. The van der Waals surface area contributed by atoms with Crippen LogP contribution in [0.3, 0.4) is 0 Å². The summed E-state index contributed by atoms with van der Waals surface area (Å²) >= 11 is 0. The SMILES string of the molecule is CCNCC1(c2ccc3c(c2)OCCO3)CCCCC1. The zero-order valence-electron chi connectivity index (χ0n) is 12.4. The first-order valence-electron chi connectivity index (χ1n) is 7.95. The lowest BCUT2D eigenvalue weighted by Gasteiger charge is -2.38. The molecule has 1 heterocycles. The van der Waals surface area contributed by atoms with Crippen LogP contribution in [0.1, 0.15) is 44.6 Å². The highest BCUT2D eigenvalue weighted by Crippen LogP contribution is 2.42. The van der Waals surface area contributed by atoms with Crippen LogP contribution in [0.25, 0.3) is 0 Å². The summed E-state index contributed by atoms with van der Waals surface area (Å²) in [5, 5.41) is 3.57. The van der Waals surface area contributed by atoms with E-state index in [0.29, 0.717) is 13.2 Å². The molecule has 0 aromatic heterocycles. The molecule has 20 heavy (non-hydrogen) atoms. The molecule has 3 heteroatoms. The Morgan fingerprint density at radius 3 is 2.55 bits per heavy atom. The van der Waals surface area contributed by atoms with Gasteiger partial charge in [0.2, 0.25) is 0 Å². The Morgan fingerprint density at radius 1 is 1.05 bits per heavy atom. The van der Waals surface area contributed by atoms with Crippen LogP contribution in [-0.4, -0.2) is 26.3 Å². The third kappa shape index (κ3) is 2.64. The second-order valence-corrected chi connectivity index (χ2v) is 5.98. The lowest BCUT2D eigenvalue weighted by molar-refractivity contribution is 0.170. The molecule has 3 nitrogen and oxygen atoms in total. The maximum atomic E-state index is 5.76. The highest BCUT2D eigenvalue weighted by Gasteiger charge is 2.34. The molecule has 0 spiro atoms. The fourth-order valence-electron chi connectivity index (χ4n) is 3.53. The van der Waals surface area contributed by atoms with Crippen LogP contribution in [0.5, 0.6) is 11.5 Å². The largest absolute Gasteiger partial charge is 0.486 e. The molecule has 0 saturated heterocycles. The van der Waals surface area contributed by atoms with E-state index in [9.17, 15) is 0 Å². The zero-order chi connectivity index (χ0) is 13.8. The number of likely N-dealkylation sites (N-methyl/N-ethyl adjacent to an activating group) is 1. The first-order chi connectivity index (χ1) is 9.84. The van der Waals surface area contributed by atoms with Crippen molar-refractivity contribution in [1.29, 1.82) is 0 Å². The summed E-state index contributed by atoms with van der Waals surface area (Å²) in [6.07, 6.45) is 6.59. The third-order valence-electron chi connectivity index (χ3n) is 4.68. The molecule has 1 N–H and O–H groups in total. The van der Waals surface area contributed by atoms with Gasteiger partial charge in [0.25, 0.3) is 0 Å². The molecular formula is C17H25NO2. The number of hydrogen-bond donors (Lipinski definition) is 1. The average Bonchev–Trinajstić information content (AvgIpc) is 2.53. The lowest BCUT2D eigenvalue weighted by atomic mass is 9.69. The van der Waals surface area contributed by atoms with Crippen LogP contribution in [0.15, 0.2) is 18.2 Å². The number of rotatable bonds is 4. The fourth-order valence-corrected chi connectivity index (χ4v) is 3.53. The van der Waals surface area contributed by atoms with Crippen molar-refractivity contribution in [2.45, 2.75) is 44.4 Å². The van der Waals surface area contributed by atoms with E-state index >= 15 is 0 Å². The molecule has 1 aromatic rings. The second-order valence-electron chi connectivity index (χ2n) is 5.98. The van der Waals surface area contributed by atoms with Crippen LogP contribution < -0.4 is 14.8 Å². The Kier molecular flexibility index (Phi) is 4.16. The van der Waals surface area contributed by atoms with Crippen LogP contribution in [0, 0.1) is 0 Å². The minimum atomic E-state index is 0.282. The second kappa shape index (κ2) is 6.04. The first-order valence-corrected chi connectivity index (χ1v) is 7.95. The molecule has 1 aliphatic heterocycles. The van der Waals surface area contributed by atoms with Crippen LogP contribution in [-0.2, 0) is 5.41 Å². The molecule has 0 bridgehead atoms. The predicted octanol–water partition coefficient (Wildman–Crippen LogP) is 3.27. The molecule has 0 atom stereocenters. The van der Waals surface area contributed by atoms with Gasteiger partial charge in [-0.2, -0.15) is 0 Å². The Balaban J connectivity index is 1.89. The average molecular weight is 275 g/mol. The molecule has 0 amide bonds. The quantitative estimate of drug-likeness (QED) is 0.915. The zero-order valence-corrected chi connectivity index (χ0v) is 12.4. The minimum Gasteiger partial charge on any atom is -0.486 e. The Morgan fingerprint density at radius 2 is 1.80 bits per heavy atom. The van der Waals surface area contributed by atoms with Crippen molar-refractivity contribution in [3.05, 3.63) is 23.8 Å². The van der Waals surface area contributed by atoms with E-state index < -0.39 is 0 Å². The van der Waals surface area contributed by atoms with Crippen LogP contribution in [0.4, 0.5) is 0 Å². The van der Waals surface area contributed by atoms with Crippen LogP contribution >= 0.6 is 0 Å². The van der Waals surface area contributed by atoms with Crippen molar-refractivity contribution >= 4 is 0 Å². The molecule has 110 valence electrons. The van der Waals surface area contributed by atoms with E-state index in [1.807, 2.05) is 0 Å². The van der Waals surface area contributed by atoms with Crippen LogP contribution in [0.2, 0.25) is 0 Å². The molecule has 1 fully saturated rings. The Labute approximate surface area is 121 Å². The van der Waals surface area contributed by atoms with Crippen molar-refractivity contribution in [2.75, 3.05) is 26.3 Å². The minimum absolute atomic E-state index is 0.282. The van der Waals surface area contributed by atoms with Crippen molar-refractivity contribution < 1.29 is 9.47 Å². The number of hydrogen-bond acceptors (Lipinski definition) is 3. The molecule has 2 aliphatic rings.